The Morgan fingerprint density at radius 2 is 2.10 bits per heavy atom. The minimum atomic E-state index is -4.47. The Morgan fingerprint density at radius 1 is 1.43 bits per heavy atom. The summed E-state index contributed by atoms with van der Waals surface area (Å²) in [4.78, 5) is 24.6. The fourth-order valence-electron chi connectivity index (χ4n) is 2.18. The van der Waals surface area contributed by atoms with E-state index in [9.17, 15) is 22.8 Å². The molecule has 0 radical (unpaired) electrons. The van der Waals surface area contributed by atoms with E-state index in [4.69, 9.17) is 0 Å². The van der Waals surface area contributed by atoms with Crippen molar-refractivity contribution in [2.24, 2.45) is 5.92 Å². The first-order valence-electron chi connectivity index (χ1n) is 5.99. The summed E-state index contributed by atoms with van der Waals surface area (Å²) in [6.07, 6.45) is -4.48. The third-order valence-electron chi connectivity index (χ3n) is 3.23. The molecule has 1 amide bonds. The minimum Gasteiger partial charge on any atom is -0.469 e. The first-order chi connectivity index (χ1) is 9.74. The monoisotopic (exact) mass is 365 g/mol. The smallest absolute Gasteiger partial charge is 0.417 e. The molecule has 0 saturated carbocycles. The molecule has 2 rings (SSSR count). The van der Waals surface area contributed by atoms with Gasteiger partial charge in [-0.25, -0.2) is 0 Å². The zero-order valence-corrected chi connectivity index (χ0v) is 12.5. The van der Waals surface area contributed by atoms with Gasteiger partial charge >= 0.3 is 12.1 Å². The lowest BCUT2D eigenvalue weighted by molar-refractivity contribution is -0.145. The standard InChI is InChI=1S/C13H11BrF3NO3/c1-21-12(20)7-4-11(19)18(6-7)8-2-3-9(10(14)5-8)13(15,16)17/h2-3,5,7H,4,6H2,1H3. The van der Waals surface area contributed by atoms with Gasteiger partial charge in [0, 0.05) is 23.1 Å². The summed E-state index contributed by atoms with van der Waals surface area (Å²) >= 11 is 2.86. The molecular formula is C13H11BrF3NO3. The van der Waals surface area contributed by atoms with E-state index in [1.807, 2.05) is 0 Å². The molecular weight excluding hydrogens is 355 g/mol. The van der Waals surface area contributed by atoms with Crippen LogP contribution >= 0.6 is 15.9 Å². The molecule has 114 valence electrons. The molecule has 1 unspecified atom stereocenters. The zero-order chi connectivity index (χ0) is 15.8. The second kappa shape index (κ2) is 5.67. The van der Waals surface area contributed by atoms with Crippen molar-refractivity contribution in [3.05, 3.63) is 28.2 Å². The highest BCUT2D eigenvalue weighted by molar-refractivity contribution is 9.10. The molecule has 1 heterocycles. The molecule has 0 N–H and O–H groups in total. The van der Waals surface area contributed by atoms with Gasteiger partial charge in [0.1, 0.15) is 0 Å². The third-order valence-corrected chi connectivity index (χ3v) is 3.89. The number of nitrogens with zero attached hydrogens (tertiary/aromatic N) is 1. The van der Waals surface area contributed by atoms with E-state index < -0.39 is 23.6 Å². The van der Waals surface area contributed by atoms with E-state index in [1.165, 1.54) is 24.1 Å². The van der Waals surface area contributed by atoms with Crippen molar-refractivity contribution in [2.75, 3.05) is 18.6 Å². The lowest BCUT2D eigenvalue weighted by Gasteiger charge is -2.18. The van der Waals surface area contributed by atoms with Crippen LogP contribution in [0.4, 0.5) is 18.9 Å². The second-order valence-corrected chi connectivity index (χ2v) is 5.44. The number of hydrogen-bond donors (Lipinski definition) is 0. The van der Waals surface area contributed by atoms with E-state index in [0.29, 0.717) is 5.69 Å². The number of carbonyl (C=O) groups is 2. The highest BCUT2D eigenvalue weighted by Crippen LogP contribution is 2.37. The summed E-state index contributed by atoms with van der Waals surface area (Å²) in [5.41, 5.74) is -0.506. The van der Waals surface area contributed by atoms with E-state index in [0.717, 1.165) is 6.07 Å². The number of halogens is 4. The number of benzene rings is 1. The molecule has 1 aliphatic heterocycles. The molecule has 0 aromatic heterocycles. The number of rotatable bonds is 2. The number of methoxy groups -OCH3 is 1. The summed E-state index contributed by atoms with van der Waals surface area (Å²) < 4.78 is 42.5. The molecule has 0 spiro atoms. The van der Waals surface area contributed by atoms with Crippen molar-refractivity contribution >= 4 is 33.5 Å². The van der Waals surface area contributed by atoms with Crippen LogP contribution in [-0.4, -0.2) is 25.5 Å². The maximum Gasteiger partial charge on any atom is 0.417 e. The number of amides is 1. The number of ether oxygens (including phenoxy) is 1. The van der Waals surface area contributed by atoms with Gasteiger partial charge in [-0.1, -0.05) is 15.9 Å². The van der Waals surface area contributed by atoms with Gasteiger partial charge in [-0.05, 0) is 18.2 Å². The van der Waals surface area contributed by atoms with Crippen LogP contribution in [-0.2, 0) is 20.5 Å². The number of esters is 1. The van der Waals surface area contributed by atoms with E-state index in [2.05, 4.69) is 20.7 Å². The quantitative estimate of drug-likeness (QED) is 0.757. The molecule has 1 aromatic rings. The highest BCUT2D eigenvalue weighted by Gasteiger charge is 2.37. The van der Waals surface area contributed by atoms with Crippen LogP contribution in [0.2, 0.25) is 0 Å². The Morgan fingerprint density at radius 3 is 2.62 bits per heavy atom. The average Bonchev–Trinajstić information content (AvgIpc) is 2.78. The second-order valence-electron chi connectivity index (χ2n) is 4.59. The lowest BCUT2D eigenvalue weighted by Crippen LogP contribution is -2.26. The van der Waals surface area contributed by atoms with E-state index >= 15 is 0 Å². The Kier molecular flexibility index (Phi) is 4.27. The number of alkyl halides is 3. The van der Waals surface area contributed by atoms with Crippen molar-refractivity contribution in [2.45, 2.75) is 12.6 Å². The molecule has 4 nitrogen and oxygen atoms in total. The predicted molar refractivity (Wildman–Crippen MR) is 71.6 cm³/mol. The Hall–Kier alpha value is -1.57. The van der Waals surface area contributed by atoms with Crippen molar-refractivity contribution in [3.8, 4) is 0 Å². The molecule has 8 heteroatoms. The van der Waals surface area contributed by atoms with E-state index in [1.54, 1.807) is 0 Å². The molecule has 1 saturated heterocycles. The molecule has 1 fully saturated rings. The van der Waals surface area contributed by atoms with Crippen LogP contribution in [0, 0.1) is 5.92 Å². The average molecular weight is 366 g/mol. The Labute approximate surface area is 127 Å². The Balaban J connectivity index is 2.26. The van der Waals surface area contributed by atoms with E-state index in [-0.39, 0.29) is 23.3 Å². The normalized spacial score (nSPS) is 19.0. The zero-order valence-electron chi connectivity index (χ0n) is 10.9. The Bertz CT molecular complexity index is 589. The topological polar surface area (TPSA) is 46.6 Å². The van der Waals surface area contributed by atoms with Gasteiger partial charge in [0.15, 0.2) is 0 Å². The molecule has 21 heavy (non-hydrogen) atoms. The van der Waals surface area contributed by atoms with Crippen LogP contribution in [0.25, 0.3) is 0 Å². The van der Waals surface area contributed by atoms with Crippen molar-refractivity contribution in [1.82, 2.24) is 0 Å². The third kappa shape index (κ3) is 3.20. The van der Waals surface area contributed by atoms with Gasteiger partial charge < -0.3 is 9.64 Å². The molecule has 0 aliphatic carbocycles. The number of hydrogen-bond acceptors (Lipinski definition) is 3. The summed E-state index contributed by atoms with van der Waals surface area (Å²) in [6, 6.07) is 3.34. The summed E-state index contributed by atoms with van der Waals surface area (Å²) in [7, 11) is 1.23. The largest absolute Gasteiger partial charge is 0.469 e. The van der Waals surface area contributed by atoms with Gasteiger partial charge in [-0.2, -0.15) is 13.2 Å². The summed E-state index contributed by atoms with van der Waals surface area (Å²) in [5, 5.41) is 0. The van der Waals surface area contributed by atoms with Crippen molar-refractivity contribution < 1.29 is 27.5 Å². The first kappa shape index (κ1) is 15.8. The summed E-state index contributed by atoms with van der Waals surface area (Å²) in [6.45, 7) is 0.101. The maximum atomic E-state index is 12.7. The maximum absolute atomic E-state index is 12.7. The molecule has 1 atom stereocenters. The lowest BCUT2D eigenvalue weighted by atomic mass is 10.1. The summed E-state index contributed by atoms with van der Waals surface area (Å²) in [5.74, 6) is -1.42. The van der Waals surface area contributed by atoms with Crippen LogP contribution in [0.15, 0.2) is 22.7 Å². The highest BCUT2D eigenvalue weighted by atomic mass is 79.9. The SMILES string of the molecule is COC(=O)C1CC(=O)N(c2ccc(C(F)(F)F)c(Br)c2)C1. The number of anilines is 1. The molecule has 0 bridgehead atoms. The van der Waals surface area contributed by atoms with Crippen LogP contribution in [0.1, 0.15) is 12.0 Å². The van der Waals surface area contributed by atoms with Gasteiger partial charge in [0.05, 0.1) is 18.6 Å². The molecule has 1 aromatic carbocycles. The fraction of sp³-hybridized carbons (Fsp3) is 0.385. The minimum absolute atomic E-state index is 0.00862. The van der Waals surface area contributed by atoms with Gasteiger partial charge in [-0.15, -0.1) is 0 Å². The van der Waals surface area contributed by atoms with Crippen LogP contribution in [0.3, 0.4) is 0 Å². The van der Waals surface area contributed by atoms with Gasteiger partial charge in [0.25, 0.3) is 0 Å². The predicted octanol–water partition coefficient (Wildman–Crippen LogP) is 2.99. The van der Waals surface area contributed by atoms with Gasteiger partial charge in [-0.3, -0.25) is 9.59 Å². The first-order valence-corrected chi connectivity index (χ1v) is 6.78. The van der Waals surface area contributed by atoms with Crippen LogP contribution in [0.5, 0.6) is 0 Å². The number of carbonyl (C=O) groups excluding carboxylic acids is 2. The molecule has 1 aliphatic rings. The van der Waals surface area contributed by atoms with Crippen LogP contribution < -0.4 is 4.90 Å². The van der Waals surface area contributed by atoms with Crippen molar-refractivity contribution in [1.29, 1.82) is 0 Å². The van der Waals surface area contributed by atoms with Gasteiger partial charge in [0.2, 0.25) is 5.91 Å². The van der Waals surface area contributed by atoms with Crippen molar-refractivity contribution in [3.63, 3.8) is 0 Å². The fourth-order valence-corrected chi connectivity index (χ4v) is 2.77.